The summed E-state index contributed by atoms with van der Waals surface area (Å²) in [5.41, 5.74) is 0.407. The van der Waals surface area contributed by atoms with Crippen LogP contribution in [0.1, 0.15) is 25.8 Å². The Labute approximate surface area is 189 Å². The smallest absolute Gasteiger partial charge is 0.410 e. The van der Waals surface area contributed by atoms with Crippen molar-refractivity contribution in [3.8, 4) is 17.0 Å². The third-order valence-electron chi connectivity index (χ3n) is 4.51. The second-order valence-corrected chi connectivity index (χ2v) is 10.1. The summed E-state index contributed by atoms with van der Waals surface area (Å²) in [6, 6.07) is 10.9. The molecule has 0 bridgehead atoms. The minimum absolute atomic E-state index is 0.00251. The average Bonchev–Trinajstić information content (AvgIpc) is 3.13. The molecule has 0 N–H and O–H groups in total. The normalized spacial score (nSPS) is 11.3. The minimum Gasteiger partial charge on any atom is -0.497 e. The molecule has 0 saturated heterocycles. The lowest BCUT2D eigenvalue weighted by molar-refractivity contribution is 0.0759. The molecular formula is C22H24FN3O3S2. The first-order chi connectivity index (χ1) is 14.7. The van der Waals surface area contributed by atoms with E-state index in [1.807, 2.05) is 45.0 Å². The topological polar surface area (TPSA) is 64.6 Å². The summed E-state index contributed by atoms with van der Waals surface area (Å²) >= 11 is 2.80. The van der Waals surface area contributed by atoms with E-state index in [9.17, 15) is 9.18 Å². The Morgan fingerprint density at radius 1 is 1.26 bits per heavy atom. The van der Waals surface area contributed by atoms with Gasteiger partial charge in [-0.3, -0.25) is 0 Å². The van der Waals surface area contributed by atoms with Crippen LogP contribution in [-0.2, 0) is 11.3 Å². The first kappa shape index (κ1) is 23.0. The average molecular weight is 462 g/mol. The monoisotopic (exact) mass is 461 g/mol. The predicted molar refractivity (Wildman–Crippen MR) is 120 cm³/mol. The van der Waals surface area contributed by atoms with Crippen molar-refractivity contribution in [2.45, 2.75) is 42.0 Å². The third kappa shape index (κ3) is 5.74. The number of halogens is 1. The first-order valence-electron chi connectivity index (χ1n) is 9.52. The summed E-state index contributed by atoms with van der Waals surface area (Å²) in [4.78, 5) is 23.1. The predicted octanol–water partition coefficient (Wildman–Crippen LogP) is 5.87. The zero-order chi connectivity index (χ0) is 22.6. The second-order valence-electron chi connectivity index (χ2n) is 7.65. The van der Waals surface area contributed by atoms with Crippen LogP contribution in [0.3, 0.4) is 0 Å². The summed E-state index contributed by atoms with van der Waals surface area (Å²) in [5, 5.41) is 0.569. The van der Waals surface area contributed by atoms with Crippen LogP contribution in [-0.4, -0.2) is 40.7 Å². The number of nitrogens with zero attached hydrogens (tertiary/aromatic N) is 3. The zero-order valence-electron chi connectivity index (χ0n) is 18.0. The lowest BCUT2D eigenvalue weighted by atomic mass is 10.1. The Morgan fingerprint density at radius 3 is 2.71 bits per heavy atom. The molecule has 31 heavy (non-hydrogen) atoms. The van der Waals surface area contributed by atoms with Crippen LogP contribution >= 0.6 is 23.1 Å². The van der Waals surface area contributed by atoms with Gasteiger partial charge in [0.05, 0.1) is 16.9 Å². The van der Waals surface area contributed by atoms with Crippen molar-refractivity contribution < 1.29 is 18.7 Å². The van der Waals surface area contributed by atoms with Gasteiger partial charge in [0.15, 0.2) is 0 Å². The van der Waals surface area contributed by atoms with Gasteiger partial charge in [-0.25, -0.2) is 14.8 Å². The Morgan fingerprint density at radius 2 is 2.03 bits per heavy atom. The SMILES string of the molecule is COc1cccc(Sc2sc(COC(=O)N(C)C(C)(C)C)nc2-c2cccnc2F)c1. The van der Waals surface area contributed by atoms with Crippen molar-refractivity contribution in [1.82, 2.24) is 14.9 Å². The second kappa shape index (κ2) is 9.65. The Bertz CT molecular complexity index is 1070. The van der Waals surface area contributed by atoms with Crippen LogP contribution < -0.4 is 4.74 Å². The fourth-order valence-corrected chi connectivity index (χ4v) is 4.73. The molecule has 0 unspecified atom stereocenters. The van der Waals surface area contributed by atoms with Gasteiger partial charge in [-0.15, -0.1) is 11.3 Å². The summed E-state index contributed by atoms with van der Waals surface area (Å²) < 4.78 is 25.9. The zero-order valence-corrected chi connectivity index (χ0v) is 19.6. The van der Waals surface area contributed by atoms with Crippen LogP contribution in [0.2, 0.25) is 0 Å². The van der Waals surface area contributed by atoms with Gasteiger partial charge < -0.3 is 14.4 Å². The number of thiazole rings is 1. The molecule has 3 rings (SSSR count). The molecule has 0 fully saturated rings. The van der Waals surface area contributed by atoms with E-state index in [2.05, 4.69) is 9.97 Å². The van der Waals surface area contributed by atoms with Crippen LogP contribution in [0.15, 0.2) is 51.7 Å². The number of amides is 1. The molecule has 1 aromatic carbocycles. The highest BCUT2D eigenvalue weighted by molar-refractivity contribution is 8.01. The molecule has 2 heterocycles. The maximum atomic E-state index is 14.4. The van der Waals surface area contributed by atoms with Gasteiger partial charge in [-0.05, 0) is 51.1 Å². The van der Waals surface area contributed by atoms with E-state index < -0.39 is 12.0 Å². The molecule has 0 aliphatic heterocycles. The largest absolute Gasteiger partial charge is 0.497 e. The standard InChI is InChI=1S/C22H24FN3O3S2/c1-22(2,3)26(4)21(27)29-13-17-25-18(16-10-7-11-24-19(16)23)20(31-17)30-15-9-6-8-14(12-15)28-5/h6-12H,13H2,1-5H3. The number of ether oxygens (including phenoxy) is 2. The highest BCUT2D eigenvalue weighted by Crippen LogP contribution is 2.41. The van der Waals surface area contributed by atoms with Gasteiger partial charge in [0, 0.05) is 23.7 Å². The number of hydrogen-bond donors (Lipinski definition) is 0. The molecular weight excluding hydrogens is 437 g/mol. The molecule has 0 aliphatic rings. The number of pyridine rings is 1. The van der Waals surface area contributed by atoms with E-state index in [4.69, 9.17) is 9.47 Å². The van der Waals surface area contributed by atoms with Crippen molar-refractivity contribution in [2.75, 3.05) is 14.2 Å². The number of benzene rings is 1. The van der Waals surface area contributed by atoms with Crippen molar-refractivity contribution in [3.63, 3.8) is 0 Å². The molecule has 6 nitrogen and oxygen atoms in total. The van der Waals surface area contributed by atoms with Gasteiger partial charge in [0.1, 0.15) is 23.1 Å². The lowest BCUT2D eigenvalue weighted by Gasteiger charge is -2.30. The molecule has 0 atom stereocenters. The van der Waals surface area contributed by atoms with Crippen molar-refractivity contribution in [1.29, 1.82) is 0 Å². The van der Waals surface area contributed by atoms with E-state index in [0.29, 0.717) is 16.3 Å². The maximum absolute atomic E-state index is 14.4. The van der Waals surface area contributed by atoms with E-state index in [0.717, 1.165) is 14.9 Å². The van der Waals surface area contributed by atoms with Gasteiger partial charge in [-0.2, -0.15) is 4.39 Å². The van der Waals surface area contributed by atoms with E-state index in [-0.39, 0.29) is 12.1 Å². The van der Waals surface area contributed by atoms with Crippen molar-refractivity contribution in [2.24, 2.45) is 0 Å². The number of rotatable bonds is 6. The fourth-order valence-electron chi connectivity index (χ4n) is 2.48. The molecule has 164 valence electrons. The molecule has 0 radical (unpaired) electrons. The van der Waals surface area contributed by atoms with Gasteiger partial charge in [-0.1, -0.05) is 17.8 Å². The molecule has 1 amide bonds. The Kier molecular flexibility index (Phi) is 7.17. The van der Waals surface area contributed by atoms with Gasteiger partial charge in [0.25, 0.3) is 0 Å². The number of hydrogen-bond acceptors (Lipinski definition) is 7. The fraction of sp³-hybridized carbons (Fsp3) is 0.318. The Hall–Kier alpha value is -2.65. The number of carbonyl (C=O) groups is 1. The quantitative estimate of drug-likeness (QED) is 0.428. The van der Waals surface area contributed by atoms with Crippen LogP contribution in [0.25, 0.3) is 11.3 Å². The van der Waals surface area contributed by atoms with Crippen LogP contribution in [0, 0.1) is 5.95 Å². The first-order valence-corrected chi connectivity index (χ1v) is 11.2. The molecule has 0 saturated carbocycles. The van der Waals surface area contributed by atoms with E-state index in [1.54, 1.807) is 26.3 Å². The molecule has 0 spiro atoms. The van der Waals surface area contributed by atoms with Gasteiger partial charge in [0.2, 0.25) is 5.95 Å². The lowest BCUT2D eigenvalue weighted by Crippen LogP contribution is -2.42. The van der Waals surface area contributed by atoms with E-state index >= 15 is 0 Å². The number of methoxy groups -OCH3 is 1. The van der Waals surface area contributed by atoms with Crippen LogP contribution in [0.4, 0.5) is 9.18 Å². The minimum atomic E-state index is -0.601. The summed E-state index contributed by atoms with van der Waals surface area (Å²) in [7, 11) is 3.29. The maximum Gasteiger partial charge on any atom is 0.410 e. The van der Waals surface area contributed by atoms with Gasteiger partial charge >= 0.3 is 6.09 Å². The summed E-state index contributed by atoms with van der Waals surface area (Å²) in [6.07, 6.45) is 0.948. The molecule has 3 aromatic rings. The van der Waals surface area contributed by atoms with Crippen molar-refractivity contribution >= 4 is 29.2 Å². The van der Waals surface area contributed by atoms with Crippen molar-refractivity contribution in [3.05, 3.63) is 53.6 Å². The highest BCUT2D eigenvalue weighted by atomic mass is 32.2. The highest BCUT2D eigenvalue weighted by Gasteiger charge is 2.24. The summed E-state index contributed by atoms with van der Waals surface area (Å²) in [5.74, 6) is 0.124. The molecule has 2 aromatic heterocycles. The number of aromatic nitrogens is 2. The summed E-state index contributed by atoms with van der Waals surface area (Å²) in [6.45, 7) is 5.76. The van der Waals surface area contributed by atoms with Crippen LogP contribution in [0.5, 0.6) is 5.75 Å². The molecule has 0 aliphatic carbocycles. The van der Waals surface area contributed by atoms with E-state index in [1.165, 1.54) is 34.2 Å². The molecule has 9 heteroatoms. The Balaban J connectivity index is 1.89. The third-order valence-corrected chi connectivity index (χ3v) is 6.70. The number of carbonyl (C=O) groups excluding carboxylic acids is 1.